The number of rotatable bonds is 2. The average molecular weight is 228 g/mol. The summed E-state index contributed by atoms with van der Waals surface area (Å²) in [7, 11) is 0. The van der Waals surface area contributed by atoms with Crippen LogP contribution in [0.1, 0.15) is 11.1 Å². The van der Waals surface area contributed by atoms with Crippen LogP contribution < -0.4 is 5.54 Å². The molecule has 1 nitrogen and oxygen atoms in total. The van der Waals surface area contributed by atoms with E-state index >= 15 is 0 Å². The first-order chi connectivity index (χ1) is 6.45. The van der Waals surface area contributed by atoms with Gasteiger partial charge in [0, 0.05) is 5.02 Å². The molecule has 0 aliphatic carbocycles. The number of nitrogens with one attached hydrogen (secondary N) is 1. The summed E-state index contributed by atoms with van der Waals surface area (Å²) in [5, 5.41) is 0.100. The maximum absolute atomic E-state index is 12.2. The molecule has 1 aromatic rings. The van der Waals surface area contributed by atoms with Crippen LogP contribution in [0.3, 0.4) is 0 Å². The molecule has 14 heavy (non-hydrogen) atoms. The van der Waals surface area contributed by atoms with E-state index in [1.165, 1.54) is 5.54 Å². The first-order valence-electron chi connectivity index (χ1n) is 3.64. The van der Waals surface area contributed by atoms with Gasteiger partial charge in [0.1, 0.15) is 0 Å². The minimum Gasteiger partial charge on any atom is -0.166 e. The van der Waals surface area contributed by atoms with Gasteiger partial charge in [0.2, 0.25) is 0 Å². The minimum absolute atomic E-state index is 0.0731. The van der Waals surface area contributed by atoms with E-state index in [1.807, 2.05) is 0 Å². The fourth-order valence-corrected chi connectivity index (χ4v) is 1.14. The molecule has 6 heteroatoms. The second kappa shape index (κ2) is 4.14. The van der Waals surface area contributed by atoms with Gasteiger partial charge in [0.05, 0.1) is 12.1 Å². The van der Waals surface area contributed by atoms with Crippen molar-refractivity contribution >= 4 is 11.6 Å². The summed E-state index contributed by atoms with van der Waals surface area (Å²) in [6.45, 7) is -0.344. The third-order valence-electron chi connectivity index (χ3n) is 1.63. The molecule has 0 aliphatic heterocycles. The van der Waals surface area contributed by atoms with E-state index in [4.69, 9.17) is 11.6 Å². The normalized spacial score (nSPS) is 11.8. The Morgan fingerprint density at radius 1 is 1.29 bits per heavy atom. The zero-order valence-electron chi connectivity index (χ0n) is 6.83. The molecule has 0 aromatic heterocycles. The molecule has 0 aliphatic rings. The predicted molar refractivity (Wildman–Crippen MR) is 44.4 cm³/mol. The number of benzene rings is 1. The molecule has 1 N–H and O–H groups in total. The van der Waals surface area contributed by atoms with Gasteiger partial charge in [-0.1, -0.05) is 11.6 Å². The fraction of sp³-hybridized carbons (Fsp3) is 0.250. The van der Waals surface area contributed by atoms with Gasteiger partial charge in [-0.05, 0) is 23.8 Å². The molecular formula is C8H6ClF4N. The van der Waals surface area contributed by atoms with Crippen LogP contribution in [0, 0.1) is 0 Å². The lowest BCUT2D eigenvalue weighted by atomic mass is 10.1. The summed E-state index contributed by atoms with van der Waals surface area (Å²) in [5.41, 5.74) is 0.484. The molecule has 0 radical (unpaired) electrons. The molecule has 1 rings (SSSR count). The smallest absolute Gasteiger partial charge is 0.166 e. The van der Waals surface area contributed by atoms with Crippen molar-refractivity contribution < 1.29 is 17.7 Å². The van der Waals surface area contributed by atoms with E-state index in [0.29, 0.717) is 0 Å². The molecular weight excluding hydrogens is 222 g/mol. The third-order valence-corrected chi connectivity index (χ3v) is 2.00. The van der Waals surface area contributed by atoms with E-state index in [1.54, 1.807) is 0 Å². The van der Waals surface area contributed by atoms with Gasteiger partial charge in [-0.2, -0.15) is 18.7 Å². The molecule has 0 amide bonds. The molecule has 0 saturated heterocycles. The lowest BCUT2D eigenvalue weighted by Gasteiger charge is -2.09. The Morgan fingerprint density at radius 3 is 2.43 bits per heavy atom. The summed E-state index contributed by atoms with van der Waals surface area (Å²) in [4.78, 5) is 0. The SMILES string of the molecule is FNCc1cc(C(F)(F)F)ccc1Cl. The van der Waals surface area contributed by atoms with Crippen molar-refractivity contribution in [1.82, 2.24) is 5.54 Å². The van der Waals surface area contributed by atoms with Gasteiger partial charge >= 0.3 is 6.18 Å². The summed E-state index contributed by atoms with van der Waals surface area (Å²) in [6, 6.07) is 2.76. The largest absolute Gasteiger partial charge is 0.416 e. The van der Waals surface area contributed by atoms with Gasteiger partial charge < -0.3 is 0 Å². The summed E-state index contributed by atoms with van der Waals surface area (Å²) in [5.74, 6) is 0. The number of hydrogen-bond donors (Lipinski definition) is 1. The maximum Gasteiger partial charge on any atom is 0.416 e. The van der Waals surface area contributed by atoms with Crippen molar-refractivity contribution in [3.8, 4) is 0 Å². The molecule has 78 valence electrons. The zero-order valence-corrected chi connectivity index (χ0v) is 7.58. The van der Waals surface area contributed by atoms with E-state index in [9.17, 15) is 17.7 Å². The maximum atomic E-state index is 12.2. The van der Waals surface area contributed by atoms with Crippen molar-refractivity contribution in [2.24, 2.45) is 0 Å². The van der Waals surface area contributed by atoms with Crippen molar-refractivity contribution in [1.29, 1.82) is 0 Å². The monoisotopic (exact) mass is 227 g/mol. The molecule has 0 bridgehead atoms. The third kappa shape index (κ3) is 2.59. The Labute approximate surface area is 82.6 Å². The minimum atomic E-state index is -4.43. The molecule has 0 atom stereocenters. The molecule has 0 unspecified atom stereocenters. The van der Waals surface area contributed by atoms with Crippen molar-refractivity contribution in [2.45, 2.75) is 12.7 Å². The Bertz CT molecular complexity index is 324. The number of alkyl halides is 3. The lowest BCUT2D eigenvalue weighted by molar-refractivity contribution is -0.137. The van der Waals surface area contributed by atoms with E-state index in [-0.39, 0.29) is 17.1 Å². The number of halogens is 5. The van der Waals surface area contributed by atoms with Crippen molar-refractivity contribution in [3.05, 3.63) is 34.3 Å². The highest BCUT2D eigenvalue weighted by molar-refractivity contribution is 6.31. The van der Waals surface area contributed by atoms with Crippen LogP contribution >= 0.6 is 11.6 Å². The van der Waals surface area contributed by atoms with Crippen LogP contribution in [0.5, 0.6) is 0 Å². The Balaban J connectivity index is 3.06. The van der Waals surface area contributed by atoms with E-state index in [2.05, 4.69) is 0 Å². The highest BCUT2D eigenvalue weighted by Crippen LogP contribution is 2.31. The first kappa shape index (κ1) is 11.3. The van der Waals surface area contributed by atoms with Crippen molar-refractivity contribution in [2.75, 3.05) is 0 Å². The van der Waals surface area contributed by atoms with E-state index in [0.717, 1.165) is 18.2 Å². The lowest BCUT2D eigenvalue weighted by Crippen LogP contribution is -2.07. The van der Waals surface area contributed by atoms with Crippen LogP contribution in [0.4, 0.5) is 17.7 Å². The Kier molecular flexibility index (Phi) is 3.34. The molecule has 1 aromatic carbocycles. The van der Waals surface area contributed by atoms with Gasteiger partial charge in [0.15, 0.2) is 0 Å². The topological polar surface area (TPSA) is 12.0 Å². The second-order valence-corrected chi connectivity index (χ2v) is 3.02. The highest BCUT2D eigenvalue weighted by atomic mass is 35.5. The van der Waals surface area contributed by atoms with Crippen LogP contribution in [0.2, 0.25) is 5.02 Å². The van der Waals surface area contributed by atoms with Crippen LogP contribution in [-0.4, -0.2) is 0 Å². The van der Waals surface area contributed by atoms with Crippen LogP contribution in [-0.2, 0) is 12.7 Å². The predicted octanol–water partition coefficient (Wildman–Crippen LogP) is 3.33. The van der Waals surface area contributed by atoms with Gasteiger partial charge in [-0.25, -0.2) is 0 Å². The summed E-state index contributed by atoms with van der Waals surface area (Å²) in [6.07, 6.45) is -4.43. The van der Waals surface area contributed by atoms with Gasteiger partial charge in [-0.15, -0.1) is 4.48 Å². The molecule has 0 saturated carbocycles. The van der Waals surface area contributed by atoms with E-state index < -0.39 is 11.7 Å². The first-order valence-corrected chi connectivity index (χ1v) is 4.02. The quantitative estimate of drug-likeness (QED) is 0.604. The molecule has 0 heterocycles. The fourth-order valence-electron chi connectivity index (χ4n) is 0.959. The second-order valence-electron chi connectivity index (χ2n) is 2.61. The van der Waals surface area contributed by atoms with Crippen LogP contribution in [0.15, 0.2) is 18.2 Å². The van der Waals surface area contributed by atoms with Gasteiger partial charge in [0.25, 0.3) is 0 Å². The summed E-state index contributed by atoms with van der Waals surface area (Å²) < 4.78 is 48.2. The Morgan fingerprint density at radius 2 is 1.93 bits per heavy atom. The standard InChI is InChI=1S/C8H6ClF4N/c9-7-2-1-6(8(10,11)12)3-5(7)4-14-13/h1-3,14H,4H2. The average Bonchev–Trinajstić information content (AvgIpc) is 2.07. The van der Waals surface area contributed by atoms with Crippen molar-refractivity contribution in [3.63, 3.8) is 0 Å². The summed E-state index contributed by atoms with van der Waals surface area (Å²) >= 11 is 5.55. The number of hydrogen-bond acceptors (Lipinski definition) is 1. The molecule has 0 spiro atoms. The zero-order chi connectivity index (χ0) is 10.8. The molecule has 0 fully saturated rings. The van der Waals surface area contributed by atoms with Crippen LogP contribution in [0.25, 0.3) is 0 Å². The highest BCUT2D eigenvalue weighted by Gasteiger charge is 2.30. The van der Waals surface area contributed by atoms with Gasteiger partial charge in [-0.3, -0.25) is 0 Å². The Hall–Kier alpha value is -0.810.